The van der Waals surface area contributed by atoms with Gasteiger partial charge in [-0.1, -0.05) is 43.5 Å². The van der Waals surface area contributed by atoms with Gasteiger partial charge in [0, 0.05) is 6.04 Å². The number of unbranched alkanes of at least 4 members (excludes halogenated alkanes) is 2. The van der Waals surface area contributed by atoms with Crippen LogP contribution < -0.4 is 5.32 Å². The van der Waals surface area contributed by atoms with Crippen LogP contribution in [0.3, 0.4) is 0 Å². The molecule has 4 heteroatoms. The predicted molar refractivity (Wildman–Crippen MR) is 85.9 cm³/mol. The quantitative estimate of drug-likeness (QED) is 0.750. The lowest BCUT2D eigenvalue weighted by Gasteiger charge is -2.19. The third-order valence-electron chi connectivity index (χ3n) is 3.64. The van der Waals surface area contributed by atoms with Gasteiger partial charge in [-0.2, -0.15) is 0 Å². The highest BCUT2D eigenvalue weighted by Gasteiger charge is 2.20. The molecule has 0 radical (unpaired) electrons. The van der Waals surface area contributed by atoms with Crippen molar-refractivity contribution >= 4 is 9.84 Å². The normalized spacial score (nSPS) is 13.4. The number of hydrogen-bond donors (Lipinski definition) is 1. The van der Waals surface area contributed by atoms with Crippen molar-refractivity contribution in [1.82, 2.24) is 5.32 Å². The average molecular weight is 297 g/mol. The van der Waals surface area contributed by atoms with Crippen molar-refractivity contribution in [1.29, 1.82) is 0 Å². The molecule has 0 aromatic heterocycles. The molecule has 0 bridgehead atoms. The Morgan fingerprint density at radius 1 is 1.20 bits per heavy atom. The van der Waals surface area contributed by atoms with Gasteiger partial charge in [0.25, 0.3) is 0 Å². The van der Waals surface area contributed by atoms with Gasteiger partial charge in [0.15, 0.2) is 9.84 Å². The first-order valence-corrected chi connectivity index (χ1v) is 9.16. The maximum absolute atomic E-state index is 12.2. The van der Waals surface area contributed by atoms with Crippen LogP contribution in [-0.4, -0.2) is 27.0 Å². The van der Waals surface area contributed by atoms with E-state index in [4.69, 9.17) is 0 Å². The second kappa shape index (κ2) is 7.79. The fourth-order valence-electron chi connectivity index (χ4n) is 2.37. The summed E-state index contributed by atoms with van der Waals surface area (Å²) in [6.45, 7) is 6.15. The standard InChI is InChI=1S/C16H27NO2S/c1-5-6-7-10-20(18,19)12-16(17-4)15-11-13(2)8-9-14(15)3/h8-9,11,16-17H,5-7,10,12H2,1-4H3. The molecular formula is C16H27NO2S. The summed E-state index contributed by atoms with van der Waals surface area (Å²) in [5.41, 5.74) is 3.39. The highest BCUT2D eigenvalue weighted by atomic mass is 32.2. The fourth-order valence-corrected chi connectivity index (χ4v) is 4.04. The van der Waals surface area contributed by atoms with Crippen LogP contribution in [0.4, 0.5) is 0 Å². The summed E-state index contributed by atoms with van der Waals surface area (Å²) in [7, 11) is -1.18. The number of rotatable bonds is 8. The van der Waals surface area contributed by atoms with Crippen LogP contribution in [0.2, 0.25) is 0 Å². The Labute approximate surface area is 123 Å². The van der Waals surface area contributed by atoms with Gasteiger partial charge >= 0.3 is 0 Å². The highest BCUT2D eigenvalue weighted by Crippen LogP contribution is 2.21. The third kappa shape index (κ3) is 5.25. The Hall–Kier alpha value is -0.870. The van der Waals surface area contributed by atoms with Gasteiger partial charge in [-0.05, 0) is 38.4 Å². The van der Waals surface area contributed by atoms with Crippen molar-refractivity contribution in [2.75, 3.05) is 18.6 Å². The van der Waals surface area contributed by atoms with E-state index in [1.165, 1.54) is 0 Å². The van der Waals surface area contributed by atoms with E-state index in [0.717, 1.165) is 36.0 Å². The van der Waals surface area contributed by atoms with Crippen LogP contribution in [-0.2, 0) is 9.84 Å². The van der Waals surface area contributed by atoms with Crippen molar-refractivity contribution in [3.8, 4) is 0 Å². The van der Waals surface area contributed by atoms with Gasteiger partial charge in [0.05, 0.1) is 11.5 Å². The van der Waals surface area contributed by atoms with E-state index in [-0.39, 0.29) is 11.8 Å². The molecule has 0 amide bonds. The summed E-state index contributed by atoms with van der Waals surface area (Å²) in [5.74, 6) is 0.474. The van der Waals surface area contributed by atoms with E-state index in [1.807, 2.05) is 20.9 Å². The van der Waals surface area contributed by atoms with Crippen LogP contribution in [0, 0.1) is 13.8 Å². The maximum atomic E-state index is 12.2. The molecule has 1 atom stereocenters. The monoisotopic (exact) mass is 297 g/mol. The summed E-state index contributed by atoms with van der Waals surface area (Å²) in [6, 6.07) is 6.07. The minimum absolute atomic E-state index is 0.124. The molecule has 0 saturated carbocycles. The van der Waals surface area contributed by atoms with Crippen LogP contribution in [0.15, 0.2) is 18.2 Å². The molecule has 114 valence electrons. The van der Waals surface area contributed by atoms with Crippen molar-refractivity contribution in [3.63, 3.8) is 0 Å². The van der Waals surface area contributed by atoms with Crippen molar-refractivity contribution in [2.24, 2.45) is 0 Å². The minimum atomic E-state index is -3.01. The molecule has 1 aromatic carbocycles. The third-order valence-corrected chi connectivity index (χ3v) is 5.39. The summed E-state index contributed by atoms with van der Waals surface area (Å²) in [4.78, 5) is 0. The number of hydrogen-bond acceptors (Lipinski definition) is 3. The van der Waals surface area contributed by atoms with Gasteiger partial charge in [-0.3, -0.25) is 0 Å². The minimum Gasteiger partial charge on any atom is -0.312 e. The second-order valence-electron chi connectivity index (χ2n) is 5.52. The van der Waals surface area contributed by atoms with E-state index in [0.29, 0.717) is 5.75 Å². The van der Waals surface area contributed by atoms with Crippen molar-refractivity contribution in [3.05, 3.63) is 34.9 Å². The van der Waals surface area contributed by atoms with Gasteiger partial charge in [-0.15, -0.1) is 0 Å². The molecule has 1 N–H and O–H groups in total. The van der Waals surface area contributed by atoms with E-state index in [1.54, 1.807) is 0 Å². The van der Waals surface area contributed by atoms with Gasteiger partial charge in [0.1, 0.15) is 0 Å². The summed E-state index contributed by atoms with van der Waals surface area (Å²) in [6.07, 6.45) is 2.79. The number of nitrogens with one attached hydrogen (secondary N) is 1. The zero-order valence-corrected chi connectivity index (χ0v) is 13.9. The Morgan fingerprint density at radius 3 is 2.50 bits per heavy atom. The Bertz CT molecular complexity index is 523. The smallest absolute Gasteiger partial charge is 0.152 e. The van der Waals surface area contributed by atoms with Gasteiger partial charge in [0.2, 0.25) is 0 Å². The van der Waals surface area contributed by atoms with Crippen LogP contribution in [0.5, 0.6) is 0 Å². The molecule has 3 nitrogen and oxygen atoms in total. The first-order chi connectivity index (χ1) is 9.39. The Balaban J connectivity index is 2.83. The lowest BCUT2D eigenvalue weighted by Crippen LogP contribution is -2.27. The van der Waals surface area contributed by atoms with Crippen molar-refractivity contribution < 1.29 is 8.42 Å². The van der Waals surface area contributed by atoms with Crippen LogP contribution in [0.1, 0.15) is 48.9 Å². The summed E-state index contributed by atoms with van der Waals surface area (Å²) >= 11 is 0. The molecule has 1 unspecified atom stereocenters. The van der Waals surface area contributed by atoms with Gasteiger partial charge < -0.3 is 5.32 Å². The lowest BCUT2D eigenvalue weighted by atomic mass is 10.0. The summed E-state index contributed by atoms with van der Waals surface area (Å²) < 4.78 is 24.4. The number of sulfone groups is 1. The number of aryl methyl sites for hydroxylation is 2. The van der Waals surface area contributed by atoms with E-state index in [2.05, 4.69) is 30.4 Å². The van der Waals surface area contributed by atoms with Gasteiger partial charge in [-0.25, -0.2) is 8.42 Å². The highest BCUT2D eigenvalue weighted by molar-refractivity contribution is 7.91. The zero-order valence-electron chi connectivity index (χ0n) is 13.1. The van der Waals surface area contributed by atoms with Crippen LogP contribution in [0.25, 0.3) is 0 Å². The Kier molecular flexibility index (Phi) is 6.69. The molecular weight excluding hydrogens is 270 g/mol. The molecule has 0 aliphatic rings. The molecule has 0 saturated heterocycles. The van der Waals surface area contributed by atoms with E-state index in [9.17, 15) is 8.42 Å². The fraction of sp³-hybridized carbons (Fsp3) is 0.625. The molecule has 0 fully saturated rings. The lowest BCUT2D eigenvalue weighted by molar-refractivity contribution is 0.569. The molecule has 1 aromatic rings. The SMILES string of the molecule is CCCCCS(=O)(=O)CC(NC)c1cc(C)ccc1C. The first kappa shape index (κ1) is 17.2. The second-order valence-corrected chi connectivity index (χ2v) is 7.75. The average Bonchev–Trinajstić information content (AvgIpc) is 2.39. The zero-order chi connectivity index (χ0) is 15.2. The first-order valence-electron chi connectivity index (χ1n) is 7.34. The van der Waals surface area contributed by atoms with Crippen LogP contribution >= 0.6 is 0 Å². The van der Waals surface area contributed by atoms with E-state index >= 15 is 0 Å². The topological polar surface area (TPSA) is 46.2 Å². The molecule has 1 rings (SSSR count). The maximum Gasteiger partial charge on any atom is 0.152 e. The number of benzene rings is 1. The molecule has 0 aliphatic carbocycles. The molecule has 0 spiro atoms. The largest absolute Gasteiger partial charge is 0.312 e. The van der Waals surface area contributed by atoms with E-state index < -0.39 is 9.84 Å². The Morgan fingerprint density at radius 2 is 1.90 bits per heavy atom. The molecule has 20 heavy (non-hydrogen) atoms. The van der Waals surface area contributed by atoms with Crippen molar-refractivity contribution in [2.45, 2.75) is 46.1 Å². The molecule has 0 heterocycles. The summed E-state index contributed by atoms with van der Waals surface area (Å²) in [5, 5.41) is 3.15. The predicted octanol–water partition coefficient (Wildman–Crippen LogP) is 3.17. The molecule has 0 aliphatic heterocycles.